The monoisotopic (exact) mass is 421 g/mol. The zero-order valence-electron chi connectivity index (χ0n) is 19.5. The zero-order valence-corrected chi connectivity index (χ0v) is 19.5. The molecule has 4 nitrogen and oxygen atoms in total. The summed E-state index contributed by atoms with van der Waals surface area (Å²) in [5.41, 5.74) is 2.73. The number of piperidine rings is 1. The molecule has 2 aromatic carbocycles. The van der Waals surface area contributed by atoms with Gasteiger partial charge in [0.25, 0.3) is 0 Å². The molecule has 1 fully saturated rings. The Morgan fingerprint density at radius 3 is 2.13 bits per heavy atom. The number of carbonyl (C=O) groups is 2. The Bertz CT molecular complexity index is 866. The predicted octanol–water partition coefficient (Wildman–Crippen LogP) is 4.89. The summed E-state index contributed by atoms with van der Waals surface area (Å²) in [7, 11) is 4.17. The average Bonchev–Trinajstić information content (AvgIpc) is 2.79. The van der Waals surface area contributed by atoms with Gasteiger partial charge in [0.2, 0.25) is 0 Å². The summed E-state index contributed by atoms with van der Waals surface area (Å²) in [6, 6.07) is 17.9. The highest BCUT2D eigenvalue weighted by Gasteiger charge is 2.37. The van der Waals surface area contributed by atoms with Crippen molar-refractivity contribution in [3.05, 3.63) is 71.3 Å². The molecule has 0 aliphatic carbocycles. The Balaban J connectivity index is 1.54. The minimum Gasteiger partial charge on any atom is -0.302 e. The van der Waals surface area contributed by atoms with Crippen molar-refractivity contribution in [3.8, 4) is 0 Å². The van der Waals surface area contributed by atoms with Gasteiger partial charge in [0.1, 0.15) is 0 Å². The molecule has 0 spiro atoms. The van der Waals surface area contributed by atoms with Crippen LogP contribution < -0.4 is 0 Å². The van der Waals surface area contributed by atoms with E-state index in [0.29, 0.717) is 28.8 Å². The summed E-state index contributed by atoms with van der Waals surface area (Å²) in [6.45, 7) is 7.42. The lowest BCUT2D eigenvalue weighted by atomic mass is 9.95. The van der Waals surface area contributed by atoms with Gasteiger partial charge in [-0.2, -0.15) is 0 Å². The van der Waals surface area contributed by atoms with Gasteiger partial charge in [-0.3, -0.25) is 9.28 Å². The lowest BCUT2D eigenvalue weighted by Crippen LogP contribution is -2.57. The van der Waals surface area contributed by atoms with E-state index in [1.165, 1.54) is 5.56 Å². The van der Waals surface area contributed by atoms with Gasteiger partial charge in [-0.25, -0.2) is 4.79 Å². The van der Waals surface area contributed by atoms with Crippen LogP contribution in [-0.2, 0) is 4.79 Å². The van der Waals surface area contributed by atoms with Gasteiger partial charge in [-0.05, 0) is 17.9 Å². The Hall–Kier alpha value is -2.30. The molecule has 2 aromatic rings. The Morgan fingerprint density at radius 2 is 1.55 bits per heavy atom. The molecular formula is C27H37N2O2+. The van der Waals surface area contributed by atoms with Crippen LogP contribution in [0.5, 0.6) is 0 Å². The van der Waals surface area contributed by atoms with Crippen molar-refractivity contribution in [2.75, 3.05) is 33.7 Å². The maximum atomic E-state index is 12.6. The summed E-state index contributed by atoms with van der Waals surface area (Å²) >= 11 is 0. The zero-order chi connectivity index (χ0) is 22.4. The van der Waals surface area contributed by atoms with E-state index < -0.39 is 0 Å². The Kier molecular flexibility index (Phi) is 7.79. The third kappa shape index (κ3) is 5.69. The topological polar surface area (TPSA) is 37.4 Å². The van der Waals surface area contributed by atoms with E-state index in [2.05, 4.69) is 45.0 Å². The van der Waals surface area contributed by atoms with Crippen molar-refractivity contribution in [3.63, 3.8) is 0 Å². The fraction of sp³-hybridized carbons (Fsp3) is 0.481. The van der Waals surface area contributed by atoms with Crippen molar-refractivity contribution in [2.24, 2.45) is 0 Å². The molecule has 31 heavy (non-hydrogen) atoms. The third-order valence-corrected chi connectivity index (χ3v) is 6.89. The molecule has 0 saturated carbocycles. The normalized spacial score (nSPS) is 16.8. The number of benzene rings is 2. The van der Waals surface area contributed by atoms with E-state index in [9.17, 15) is 9.59 Å². The van der Waals surface area contributed by atoms with Gasteiger partial charge < -0.3 is 4.90 Å². The Morgan fingerprint density at radius 1 is 0.968 bits per heavy atom. The van der Waals surface area contributed by atoms with Crippen molar-refractivity contribution in [2.45, 2.75) is 51.5 Å². The molecule has 0 unspecified atom stereocenters. The van der Waals surface area contributed by atoms with Crippen LogP contribution in [0.1, 0.15) is 66.9 Å². The molecule has 1 saturated heterocycles. The number of quaternary nitrogens is 1. The number of likely N-dealkylation sites (tertiary alicyclic amines) is 1. The van der Waals surface area contributed by atoms with Crippen LogP contribution in [0.4, 0.5) is 0 Å². The number of amides is 1. The van der Waals surface area contributed by atoms with E-state index >= 15 is 0 Å². The molecule has 4 heteroatoms. The molecule has 166 valence electrons. The predicted molar refractivity (Wildman–Crippen MR) is 126 cm³/mol. The van der Waals surface area contributed by atoms with Crippen LogP contribution in [0.2, 0.25) is 0 Å². The SMILES string of the molecule is CCCC(=O)[N+](C)(C)C1CCN(C[C@@H](C)c2ccc(C(=O)c3ccccc3)cc2)CC1. The first kappa shape index (κ1) is 23.4. The smallest absolute Gasteiger partial charge is 0.302 e. The molecule has 1 heterocycles. The number of hydrogen-bond acceptors (Lipinski definition) is 3. The average molecular weight is 422 g/mol. The highest BCUT2D eigenvalue weighted by atomic mass is 16.2. The molecule has 1 amide bonds. The van der Waals surface area contributed by atoms with Crippen molar-refractivity contribution in [1.29, 1.82) is 0 Å². The van der Waals surface area contributed by atoms with E-state index in [0.717, 1.165) is 50.0 Å². The molecule has 1 aliphatic rings. The molecule has 0 radical (unpaired) electrons. The van der Waals surface area contributed by atoms with E-state index in [1.54, 1.807) is 0 Å². The van der Waals surface area contributed by atoms with Gasteiger partial charge in [-0.15, -0.1) is 0 Å². The molecule has 0 aromatic heterocycles. The largest absolute Gasteiger partial charge is 0.313 e. The van der Waals surface area contributed by atoms with Gasteiger partial charge in [0.15, 0.2) is 5.78 Å². The lowest BCUT2D eigenvalue weighted by Gasteiger charge is -2.41. The van der Waals surface area contributed by atoms with Crippen molar-refractivity contribution < 1.29 is 14.1 Å². The van der Waals surface area contributed by atoms with Crippen LogP contribution in [0.25, 0.3) is 0 Å². The number of nitrogens with zero attached hydrogens (tertiary/aromatic N) is 2. The lowest BCUT2D eigenvalue weighted by molar-refractivity contribution is -0.842. The molecule has 3 rings (SSSR count). The fourth-order valence-corrected chi connectivity index (χ4v) is 4.66. The third-order valence-electron chi connectivity index (χ3n) is 6.89. The maximum Gasteiger partial charge on any atom is 0.313 e. The first-order valence-corrected chi connectivity index (χ1v) is 11.6. The second-order valence-electron chi connectivity index (χ2n) is 9.43. The van der Waals surface area contributed by atoms with Gasteiger partial charge >= 0.3 is 5.91 Å². The minimum atomic E-state index is 0.0697. The second kappa shape index (κ2) is 10.3. The first-order valence-electron chi connectivity index (χ1n) is 11.6. The molecule has 0 N–H and O–H groups in total. The van der Waals surface area contributed by atoms with Crippen molar-refractivity contribution >= 4 is 11.7 Å². The second-order valence-corrected chi connectivity index (χ2v) is 9.43. The molecule has 0 bridgehead atoms. The van der Waals surface area contributed by atoms with Crippen molar-refractivity contribution in [1.82, 2.24) is 4.90 Å². The molecule has 1 aliphatic heterocycles. The standard InChI is InChI=1S/C27H37N2O2/c1-5-9-26(30)29(3,4)25-16-18-28(19-17-25)20-21(2)22-12-14-24(15-13-22)27(31)23-10-7-6-8-11-23/h6-8,10-15,21,25H,5,9,16-20H2,1-4H3/q+1/t21-/m1/s1. The van der Waals surface area contributed by atoms with Gasteiger partial charge in [0, 0.05) is 43.6 Å². The number of rotatable bonds is 8. The number of ketones is 1. The van der Waals surface area contributed by atoms with Crippen LogP contribution in [0.15, 0.2) is 54.6 Å². The van der Waals surface area contributed by atoms with Crippen LogP contribution in [0, 0.1) is 0 Å². The maximum absolute atomic E-state index is 12.6. The molecule has 1 atom stereocenters. The minimum absolute atomic E-state index is 0.0697. The number of carbonyl (C=O) groups excluding carboxylic acids is 2. The summed E-state index contributed by atoms with van der Waals surface area (Å²) in [5.74, 6) is 0.835. The van der Waals surface area contributed by atoms with E-state index in [4.69, 9.17) is 0 Å². The van der Waals surface area contributed by atoms with E-state index in [1.807, 2.05) is 42.5 Å². The number of hydrogen-bond donors (Lipinski definition) is 0. The fourth-order valence-electron chi connectivity index (χ4n) is 4.66. The highest BCUT2D eigenvalue weighted by Crippen LogP contribution is 2.25. The summed E-state index contributed by atoms with van der Waals surface area (Å²) in [5, 5.41) is 0. The summed E-state index contributed by atoms with van der Waals surface area (Å²) in [4.78, 5) is 27.6. The highest BCUT2D eigenvalue weighted by molar-refractivity contribution is 6.08. The summed E-state index contributed by atoms with van der Waals surface area (Å²) in [6.07, 6.45) is 3.74. The molecular weight excluding hydrogens is 384 g/mol. The quantitative estimate of drug-likeness (QED) is 0.450. The van der Waals surface area contributed by atoms with Crippen LogP contribution in [-0.4, -0.2) is 60.8 Å². The van der Waals surface area contributed by atoms with Crippen LogP contribution >= 0.6 is 0 Å². The van der Waals surface area contributed by atoms with E-state index in [-0.39, 0.29) is 5.78 Å². The van der Waals surface area contributed by atoms with Crippen LogP contribution in [0.3, 0.4) is 0 Å². The van der Waals surface area contributed by atoms with Gasteiger partial charge in [-0.1, -0.05) is 68.4 Å². The first-order chi connectivity index (χ1) is 14.8. The Labute approximate surface area is 187 Å². The summed E-state index contributed by atoms with van der Waals surface area (Å²) < 4.78 is 0.522. The van der Waals surface area contributed by atoms with Gasteiger partial charge in [0.05, 0.1) is 26.6 Å².